The summed E-state index contributed by atoms with van der Waals surface area (Å²) >= 11 is 1.71. The molecule has 1 N–H and O–H groups in total. The molecule has 1 aliphatic rings. The predicted octanol–water partition coefficient (Wildman–Crippen LogP) is 0.728. The van der Waals surface area contributed by atoms with Gasteiger partial charge >= 0.3 is 0 Å². The first kappa shape index (κ1) is 11.9. The quantitative estimate of drug-likeness (QED) is 0.840. The van der Waals surface area contributed by atoms with Crippen LogP contribution in [-0.4, -0.2) is 47.5 Å². The van der Waals surface area contributed by atoms with Gasteiger partial charge in [0.05, 0.1) is 12.3 Å². The molecule has 0 spiro atoms. The topological polar surface area (TPSA) is 54.2 Å². The Kier molecular flexibility index (Phi) is 4.62. The minimum absolute atomic E-state index is 0.742. The van der Waals surface area contributed by atoms with Gasteiger partial charge in [0.1, 0.15) is 0 Å². The lowest BCUT2D eigenvalue weighted by atomic mass is 10.4. The van der Waals surface area contributed by atoms with Gasteiger partial charge in [0.25, 0.3) is 0 Å². The normalized spacial score (nSPS) is 18.6. The number of hydrogen-bond donors (Lipinski definition) is 1. The molecule has 90 valence electrons. The van der Waals surface area contributed by atoms with Crippen molar-refractivity contribution in [1.82, 2.24) is 20.4 Å². The first-order valence-corrected chi connectivity index (χ1v) is 7.01. The van der Waals surface area contributed by atoms with Crippen LogP contribution in [0.25, 0.3) is 0 Å². The van der Waals surface area contributed by atoms with E-state index in [-0.39, 0.29) is 0 Å². The Morgan fingerprint density at radius 1 is 1.44 bits per heavy atom. The molecule has 16 heavy (non-hydrogen) atoms. The maximum atomic E-state index is 5.22. The van der Waals surface area contributed by atoms with E-state index in [1.54, 1.807) is 11.8 Å². The van der Waals surface area contributed by atoms with Crippen LogP contribution in [0.15, 0.2) is 4.52 Å². The van der Waals surface area contributed by atoms with Crippen LogP contribution in [0.2, 0.25) is 0 Å². The van der Waals surface area contributed by atoms with Crippen LogP contribution < -0.4 is 5.32 Å². The highest BCUT2D eigenvalue weighted by molar-refractivity contribution is 7.97. The lowest BCUT2D eigenvalue weighted by molar-refractivity contribution is 0.238. The summed E-state index contributed by atoms with van der Waals surface area (Å²) in [6, 6.07) is 0. The molecular formula is C10H18N4OS. The molecule has 0 unspecified atom stereocenters. The molecule has 1 aromatic rings. The van der Waals surface area contributed by atoms with Gasteiger partial charge in [-0.25, -0.2) is 0 Å². The van der Waals surface area contributed by atoms with Crippen molar-refractivity contribution in [3.8, 4) is 0 Å². The van der Waals surface area contributed by atoms with E-state index in [4.69, 9.17) is 4.52 Å². The lowest BCUT2D eigenvalue weighted by Crippen LogP contribution is -2.27. The van der Waals surface area contributed by atoms with E-state index in [1.807, 2.05) is 6.26 Å². The molecule has 5 nitrogen and oxygen atoms in total. The van der Waals surface area contributed by atoms with Crippen molar-refractivity contribution in [1.29, 1.82) is 0 Å². The van der Waals surface area contributed by atoms with Gasteiger partial charge in [-0.15, -0.1) is 0 Å². The second-order valence-electron chi connectivity index (χ2n) is 3.92. The molecular weight excluding hydrogens is 224 g/mol. The van der Waals surface area contributed by atoms with E-state index in [9.17, 15) is 0 Å². The third-order valence-corrected chi connectivity index (χ3v) is 3.12. The van der Waals surface area contributed by atoms with Gasteiger partial charge in [0, 0.05) is 13.1 Å². The van der Waals surface area contributed by atoms with E-state index in [0.717, 1.165) is 50.2 Å². The Bertz CT molecular complexity index is 310. The van der Waals surface area contributed by atoms with Gasteiger partial charge in [-0.1, -0.05) is 5.16 Å². The number of rotatable bonds is 4. The molecule has 1 saturated heterocycles. The summed E-state index contributed by atoms with van der Waals surface area (Å²) < 4.78 is 5.22. The van der Waals surface area contributed by atoms with Crippen molar-refractivity contribution in [2.75, 3.05) is 32.4 Å². The molecule has 2 rings (SSSR count). The van der Waals surface area contributed by atoms with Crippen molar-refractivity contribution in [3.05, 3.63) is 11.7 Å². The van der Waals surface area contributed by atoms with Crippen LogP contribution in [0.5, 0.6) is 0 Å². The van der Waals surface area contributed by atoms with Gasteiger partial charge in [-0.05, 0) is 25.8 Å². The van der Waals surface area contributed by atoms with E-state index in [1.165, 1.54) is 6.42 Å². The fourth-order valence-corrected chi connectivity index (χ4v) is 2.17. The van der Waals surface area contributed by atoms with Crippen molar-refractivity contribution >= 4 is 11.8 Å². The summed E-state index contributed by atoms with van der Waals surface area (Å²) in [5.41, 5.74) is 0. The number of thioether (sulfide) groups is 1. The molecule has 1 fully saturated rings. The van der Waals surface area contributed by atoms with Gasteiger partial charge < -0.3 is 9.84 Å². The number of nitrogens with one attached hydrogen (secondary N) is 1. The van der Waals surface area contributed by atoms with Crippen molar-refractivity contribution in [2.45, 2.75) is 18.7 Å². The Labute approximate surface area is 100.0 Å². The monoisotopic (exact) mass is 242 g/mol. The standard InChI is InChI=1S/C10H18N4OS/c1-16-8-9-12-10(15-13-9)7-14-5-2-3-11-4-6-14/h11H,2-8H2,1H3. The molecule has 0 saturated carbocycles. The Balaban J connectivity index is 1.86. The predicted molar refractivity (Wildman–Crippen MR) is 64.3 cm³/mol. The van der Waals surface area contributed by atoms with E-state index in [2.05, 4.69) is 20.4 Å². The number of aromatic nitrogens is 2. The van der Waals surface area contributed by atoms with Crippen LogP contribution >= 0.6 is 11.8 Å². The third kappa shape index (κ3) is 3.47. The van der Waals surface area contributed by atoms with Crippen molar-refractivity contribution in [3.63, 3.8) is 0 Å². The van der Waals surface area contributed by atoms with E-state index < -0.39 is 0 Å². The third-order valence-electron chi connectivity index (χ3n) is 2.58. The Hall–Kier alpha value is -0.590. The zero-order valence-corrected chi connectivity index (χ0v) is 10.4. The van der Waals surface area contributed by atoms with Gasteiger partial charge in [0.15, 0.2) is 5.82 Å². The average Bonchev–Trinajstić information content (AvgIpc) is 2.56. The maximum absolute atomic E-state index is 5.22. The minimum Gasteiger partial charge on any atom is -0.338 e. The molecule has 0 bridgehead atoms. The SMILES string of the molecule is CSCc1noc(CN2CCCNCC2)n1. The van der Waals surface area contributed by atoms with E-state index in [0.29, 0.717) is 0 Å². The Morgan fingerprint density at radius 3 is 3.25 bits per heavy atom. The highest BCUT2D eigenvalue weighted by Crippen LogP contribution is 2.08. The van der Waals surface area contributed by atoms with Crippen LogP contribution in [0.4, 0.5) is 0 Å². The van der Waals surface area contributed by atoms with Crippen molar-refractivity contribution in [2.24, 2.45) is 0 Å². The van der Waals surface area contributed by atoms with Crippen LogP contribution in [0, 0.1) is 0 Å². The first-order chi connectivity index (χ1) is 7.88. The van der Waals surface area contributed by atoms with E-state index >= 15 is 0 Å². The summed E-state index contributed by atoms with van der Waals surface area (Å²) in [6.07, 6.45) is 3.22. The lowest BCUT2D eigenvalue weighted by Gasteiger charge is -2.16. The summed E-state index contributed by atoms with van der Waals surface area (Å²) in [5.74, 6) is 2.37. The Morgan fingerprint density at radius 2 is 2.38 bits per heavy atom. The molecule has 2 heterocycles. The molecule has 0 amide bonds. The summed E-state index contributed by atoms with van der Waals surface area (Å²) in [6.45, 7) is 5.10. The van der Waals surface area contributed by atoms with Gasteiger partial charge in [-0.2, -0.15) is 16.7 Å². The number of nitrogens with zero attached hydrogens (tertiary/aromatic N) is 3. The molecule has 1 aromatic heterocycles. The number of hydrogen-bond acceptors (Lipinski definition) is 6. The largest absolute Gasteiger partial charge is 0.338 e. The smallest absolute Gasteiger partial charge is 0.240 e. The summed E-state index contributed by atoms with van der Waals surface area (Å²) in [5, 5.41) is 7.32. The average molecular weight is 242 g/mol. The second-order valence-corrected chi connectivity index (χ2v) is 4.78. The summed E-state index contributed by atoms with van der Waals surface area (Å²) in [7, 11) is 0. The molecule has 1 aliphatic heterocycles. The summed E-state index contributed by atoms with van der Waals surface area (Å²) in [4.78, 5) is 6.72. The van der Waals surface area contributed by atoms with Crippen LogP contribution in [0.3, 0.4) is 0 Å². The fraction of sp³-hybridized carbons (Fsp3) is 0.800. The van der Waals surface area contributed by atoms with Gasteiger partial charge in [-0.3, -0.25) is 4.90 Å². The zero-order chi connectivity index (χ0) is 11.2. The second kappa shape index (κ2) is 6.22. The van der Waals surface area contributed by atoms with Crippen molar-refractivity contribution < 1.29 is 4.52 Å². The molecule has 0 radical (unpaired) electrons. The molecule has 0 aliphatic carbocycles. The van der Waals surface area contributed by atoms with Crippen LogP contribution in [-0.2, 0) is 12.3 Å². The molecule has 6 heteroatoms. The zero-order valence-electron chi connectivity index (χ0n) is 9.61. The maximum Gasteiger partial charge on any atom is 0.240 e. The molecule has 0 atom stereocenters. The highest BCUT2D eigenvalue weighted by atomic mass is 32.2. The van der Waals surface area contributed by atoms with Crippen LogP contribution in [0.1, 0.15) is 18.1 Å². The first-order valence-electron chi connectivity index (χ1n) is 5.62. The van der Waals surface area contributed by atoms with Gasteiger partial charge in [0.2, 0.25) is 5.89 Å². The highest BCUT2D eigenvalue weighted by Gasteiger charge is 2.13. The minimum atomic E-state index is 0.742. The molecule has 0 aromatic carbocycles. The fourth-order valence-electron chi connectivity index (χ4n) is 1.79.